The van der Waals surface area contributed by atoms with E-state index in [1.54, 1.807) is 16.9 Å². The molecule has 0 saturated carbocycles. The fourth-order valence-corrected chi connectivity index (χ4v) is 2.45. The van der Waals surface area contributed by atoms with Gasteiger partial charge < -0.3 is 4.42 Å². The molecule has 0 amide bonds. The van der Waals surface area contributed by atoms with Crippen LogP contribution < -0.4 is 5.63 Å². The lowest BCUT2D eigenvalue weighted by Gasteiger charge is -2.00. The molecule has 4 heteroatoms. The Morgan fingerprint density at radius 1 is 0.955 bits per heavy atom. The fraction of sp³-hybridized carbons (Fsp3) is 0. The van der Waals surface area contributed by atoms with Crippen molar-refractivity contribution in [3.8, 4) is 16.8 Å². The van der Waals surface area contributed by atoms with E-state index in [2.05, 4.69) is 5.10 Å². The Hall–Kier alpha value is -3.14. The number of hydrogen-bond acceptors (Lipinski definition) is 3. The molecule has 0 aliphatic rings. The van der Waals surface area contributed by atoms with Crippen LogP contribution in [0.3, 0.4) is 0 Å². The standard InChI is InChI=1S/C18H12N2O2/c21-18-16(10-13-6-4-5-9-17(13)22-18)14-11-19-20(12-14)15-7-2-1-3-8-15/h1-12H. The van der Waals surface area contributed by atoms with E-state index in [0.29, 0.717) is 11.1 Å². The topological polar surface area (TPSA) is 48.0 Å². The minimum Gasteiger partial charge on any atom is -0.422 e. The van der Waals surface area contributed by atoms with Gasteiger partial charge in [-0.1, -0.05) is 36.4 Å². The van der Waals surface area contributed by atoms with Crippen LogP contribution in [-0.2, 0) is 0 Å². The molecule has 0 unspecified atom stereocenters. The average Bonchev–Trinajstić information content (AvgIpc) is 3.05. The van der Waals surface area contributed by atoms with Gasteiger partial charge in [-0.05, 0) is 24.3 Å². The highest BCUT2D eigenvalue weighted by Crippen LogP contribution is 2.21. The van der Waals surface area contributed by atoms with Crippen LogP contribution in [-0.4, -0.2) is 9.78 Å². The summed E-state index contributed by atoms with van der Waals surface area (Å²) < 4.78 is 7.11. The summed E-state index contributed by atoms with van der Waals surface area (Å²) in [5.41, 5.74) is 2.43. The SMILES string of the molecule is O=c1oc2ccccc2cc1-c1cnn(-c2ccccc2)c1. The average molecular weight is 288 g/mol. The molecule has 0 fully saturated rings. The number of para-hydroxylation sites is 2. The van der Waals surface area contributed by atoms with Gasteiger partial charge in [0.15, 0.2) is 0 Å². The van der Waals surface area contributed by atoms with E-state index >= 15 is 0 Å². The fourth-order valence-electron chi connectivity index (χ4n) is 2.45. The highest BCUT2D eigenvalue weighted by Gasteiger charge is 2.10. The molecule has 2 aromatic carbocycles. The maximum Gasteiger partial charge on any atom is 0.344 e. The van der Waals surface area contributed by atoms with Crippen LogP contribution in [0.5, 0.6) is 0 Å². The Kier molecular flexibility index (Phi) is 2.86. The summed E-state index contributed by atoms with van der Waals surface area (Å²) in [5.74, 6) is 0. The second-order valence-corrected chi connectivity index (χ2v) is 4.99. The first-order chi connectivity index (χ1) is 10.8. The van der Waals surface area contributed by atoms with Crippen molar-refractivity contribution in [2.75, 3.05) is 0 Å². The molecule has 0 atom stereocenters. The first-order valence-electron chi connectivity index (χ1n) is 6.95. The van der Waals surface area contributed by atoms with Crippen molar-refractivity contribution < 1.29 is 4.42 Å². The molecule has 22 heavy (non-hydrogen) atoms. The van der Waals surface area contributed by atoms with E-state index in [-0.39, 0.29) is 5.63 Å². The van der Waals surface area contributed by atoms with Crippen molar-refractivity contribution in [1.82, 2.24) is 9.78 Å². The van der Waals surface area contributed by atoms with E-state index in [9.17, 15) is 4.79 Å². The third kappa shape index (κ3) is 2.11. The lowest BCUT2D eigenvalue weighted by atomic mass is 10.1. The van der Waals surface area contributed by atoms with Crippen LogP contribution in [0.1, 0.15) is 0 Å². The number of rotatable bonds is 2. The number of hydrogen-bond donors (Lipinski definition) is 0. The van der Waals surface area contributed by atoms with Gasteiger partial charge in [0.25, 0.3) is 0 Å². The van der Waals surface area contributed by atoms with E-state index in [1.807, 2.05) is 60.8 Å². The molecule has 2 heterocycles. The van der Waals surface area contributed by atoms with Crippen molar-refractivity contribution >= 4 is 11.0 Å². The predicted molar refractivity (Wildman–Crippen MR) is 85.0 cm³/mol. The molecule has 0 bridgehead atoms. The van der Waals surface area contributed by atoms with Crippen LogP contribution in [0.2, 0.25) is 0 Å². The zero-order valence-corrected chi connectivity index (χ0v) is 11.6. The van der Waals surface area contributed by atoms with Crippen molar-refractivity contribution in [3.05, 3.63) is 83.5 Å². The van der Waals surface area contributed by atoms with Crippen LogP contribution in [0.4, 0.5) is 0 Å². The summed E-state index contributed by atoms with van der Waals surface area (Å²) in [6.07, 6.45) is 3.50. The number of fused-ring (bicyclic) bond motifs is 1. The summed E-state index contributed by atoms with van der Waals surface area (Å²) in [5, 5.41) is 5.21. The number of benzene rings is 2. The van der Waals surface area contributed by atoms with Crippen LogP contribution in [0.15, 0.2) is 82.3 Å². The zero-order chi connectivity index (χ0) is 14.9. The van der Waals surface area contributed by atoms with Crippen LogP contribution in [0.25, 0.3) is 27.8 Å². The van der Waals surface area contributed by atoms with Crippen molar-refractivity contribution in [2.24, 2.45) is 0 Å². The van der Waals surface area contributed by atoms with Crippen molar-refractivity contribution in [1.29, 1.82) is 0 Å². The zero-order valence-electron chi connectivity index (χ0n) is 11.6. The third-order valence-corrected chi connectivity index (χ3v) is 3.56. The van der Waals surface area contributed by atoms with Gasteiger partial charge in [0, 0.05) is 17.1 Å². The molecule has 2 aromatic heterocycles. The van der Waals surface area contributed by atoms with Gasteiger partial charge in [-0.2, -0.15) is 5.10 Å². The smallest absolute Gasteiger partial charge is 0.344 e. The number of nitrogens with zero attached hydrogens (tertiary/aromatic N) is 2. The van der Waals surface area contributed by atoms with Gasteiger partial charge in [0.2, 0.25) is 0 Å². The lowest BCUT2D eigenvalue weighted by Crippen LogP contribution is -2.02. The molecule has 4 rings (SSSR count). The normalized spacial score (nSPS) is 10.9. The van der Waals surface area contributed by atoms with Crippen molar-refractivity contribution in [3.63, 3.8) is 0 Å². The molecule has 4 aromatic rings. The minimum atomic E-state index is -0.355. The Balaban J connectivity index is 1.84. The first kappa shape index (κ1) is 12.6. The van der Waals surface area contributed by atoms with Crippen LogP contribution >= 0.6 is 0 Å². The summed E-state index contributed by atoms with van der Waals surface area (Å²) in [4.78, 5) is 12.2. The van der Waals surface area contributed by atoms with Gasteiger partial charge in [-0.15, -0.1) is 0 Å². The van der Waals surface area contributed by atoms with E-state index in [1.165, 1.54) is 0 Å². The number of aromatic nitrogens is 2. The Morgan fingerprint density at radius 3 is 2.59 bits per heavy atom. The Morgan fingerprint density at radius 2 is 1.73 bits per heavy atom. The summed E-state index contributed by atoms with van der Waals surface area (Å²) in [6, 6.07) is 19.1. The van der Waals surface area contributed by atoms with E-state index in [0.717, 1.165) is 16.6 Å². The highest BCUT2D eigenvalue weighted by molar-refractivity contribution is 5.81. The Bertz CT molecular complexity index is 1000. The van der Waals surface area contributed by atoms with Gasteiger partial charge >= 0.3 is 5.63 Å². The first-order valence-corrected chi connectivity index (χ1v) is 6.95. The maximum atomic E-state index is 12.2. The monoisotopic (exact) mass is 288 g/mol. The molecule has 4 nitrogen and oxygen atoms in total. The maximum absolute atomic E-state index is 12.2. The largest absolute Gasteiger partial charge is 0.422 e. The van der Waals surface area contributed by atoms with Crippen LogP contribution in [0, 0.1) is 0 Å². The molecule has 0 spiro atoms. The molecule has 0 radical (unpaired) electrons. The Labute approximate surface area is 126 Å². The molecular weight excluding hydrogens is 276 g/mol. The summed E-state index contributed by atoms with van der Waals surface area (Å²) >= 11 is 0. The molecule has 0 aliphatic carbocycles. The molecular formula is C18H12N2O2. The highest BCUT2D eigenvalue weighted by atomic mass is 16.4. The summed E-state index contributed by atoms with van der Waals surface area (Å²) in [6.45, 7) is 0. The minimum absolute atomic E-state index is 0.355. The van der Waals surface area contributed by atoms with Gasteiger partial charge in [0.1, 0.15) is 5.58 Å². The predicted octanol–water partition coefficient (Wildman–Crippen LogP) is 3.65. The second kappa shape index (κ2) is 5.00. The quantitative estimate of drug-likeness (QED) is 0.529. The molecule has 106 valence electrons. The lowest BCUT2D eigenvalue weighted by molar-refractivity contribution is 0.563. The molecule has 0 saturated heterocycles. The van der Waals surface area contributed by atoms with E-state index < -0.39 is 0 Å². The summed E-state index contributed by atoms with van der Waals surface area (Å²) in [7, 11) is 0. The molecule has 0 aliphatic heterocycles. The van der Waals surface area contributed by atoms with Gasteiger partial charge in [-0.3, -0.25) is 0 Å². The third-order valence-electron chi connectivity index (χ3n) is 3.56. The molecule has 0 N–H and O–H groups in total. The second-order valence-electron chi connectivity index (χ2n) is 4.99. The van der Waals surface area contributed by atoms with Crippen molar-refractivity contribution in [2.45, 2.75) is 0 Å². The van der Waals surface area contributed by atoms with Gasteiger partial charge in [-0.25, -0.2) is 9.48 Å². The van der Waals surface area contributed by atoms with Gasteiger partial charge in [0.05, 0.1) is 17.4 Å². The van der Waals surface area contributed by atoms with E-state index in [4.69, 9.17) is 4.42 Å².